The summed E-state index contributed by atoms with van der Waals surface area (Å²) in [6.07, 6.45) is 13.1. The normalized spacial score (nSPS) is 10.1. The molecule has 1 aromatic carbocycles. The van der Waals surface area contributed by atoms with Crippen LogP contribution in [-0.4, -0.2) is 19.5 Å². The molecule has 0 unspecified atom stereocenters. The number of ketones is 1. The molecule has 0 saturated carbocycles. The van der Waals surface area contributed by atoms with Crippen LogP contribution in [0.5, 0.6) is 11.5 Å². The van der Waals surface area contributed by atoms with Gasteiger partial charge in [0, 0.05) is 12.8 Å². The van der Waals surface area contributed by atoms with Crippen LogP contribution in [-0.2, 0) is 11.2 Å². The van der Waals surface area contributed by atoms with Crippen molar-refractivity contribution < 1.29 is 14.3 Å². The lowest BCUT2D eigenvalue weighted by atomic mass is 10.0. The number of terminal acetylenes is 1. The van der Waals surface area contributed by atoms with Gasteiger partial charge in [0.15, 0.2) is 11.5 Å². The summed E-state index contributed by atoms with van der Waals surface area (Å²) in [5.74, 6) is 4.07. The minimum Gasteiger partial charge on any atom is -0.493 e. The van der Waals surface area contributed by atoms with Gasteiger partial charge < -0.3 is 9.47 Å². The number of benzene rings is 1. The minimum atomic E-state index is 0.215. The maximum Gasteiger partial charge on any atom is 0.162 e. The van der Waals surface area contributed by atoms with Crippen molar-refractivity contribution in [1.29, 1.82) is 0 Å². The molecule has 126 valence electrons. The maximum absolute atomic E-state index is 11.9. The van der Waals surface area contributed by atoms with E-state index in [0.717, 1.165) is 24.8 Å². The lowest BCUT2D eigenvalue weighted by Gasteiger charge is -2.10. The van der Waals surface area contributed by atoms with Gasteiger partial charge in [-0.2, -0.15) is 0 Å². The summed E-state index contributed by atoms with van der Waals surface area (Å²) >= 11 is 0. The van der Waals surface area contributed by atoms with Crippen LogP contribution in [0.4, 0.5) is 0 Å². The highest BCUT2D eigenvalue weighted by molar-refractivity contribution is 5.78. The van der Waals surface area contributed by atoms with Gasteiger partial charge in [-0.1, -0.05) is 44.6 Å². The van der Waals surface area contributed by atoms with E-state index >= 15 is 0 Å². The van der Waals surface area contributed by atoms with Crippen LogP contribution in [0.3, 0.4) is 0 Å². The SMILES string of the molecule is C#CCOc1ccc(CCC(=O)CCCCCCC)cc1OC. The van der Waals surface area contributed by atoms with Gasteiger partial charge in [0.25, 0.3) is 0 Å². The number of hydrogen-bond acceptors (Lipinski definition) is 3. The predicted molar refractivity (Wildman–Crippen MR) is 94.0 cm³/mol. The number of aryl methyl sites for hydroxylation is 1. The van der Waals surface area contributed by atoms with Crippen LogP contribution in [0.25, 0.3) is 0 Å². The highest BCUT2D eigenvalue weighted by Crippen LogP contribution is 2.28. The number of hydrogen-bond donors (Lipinski definition) is 0. The van der Waals surface area contributed by atoms with E-state index in [9.17, 15) is 4.79 Å². The zero-order valence-corrected chi connectivity index (χ0v) is 14.4. The van der Waals surface area contributed by atoms with Crippen molar-refractivity contribution in [1.82, 2.24) is 0 Å². The minimum absolute atomic E-state index is 0.215. The molecule has 0 atom stereocenters. The van der Waals surface area contributed by atoms with Crippen LogP contribution in [0.1, 0.15) is 57.4 Å². The Hall–Kier alpha value is -1.95. The number of unbranched alkanes of at least 4 members (excludes halogenated alkanes) is 4. The fourth-order valence-corrected chi connectivity index (χ4v) is 2.44. The lowest BCUT2D eigenvalue weighted by molar-refractivity contribution is -0.119. The number of Topliss-reactive ketones (excluding diaryl/α,β-unsaturated/α-hetero) is 1. The molecule has 0 aliphatic rings. The fourth-order valence-electron chi connectivity index (χ4n) is 2.44. The van der Waals surface area contributed by atoms with Crippen molar-refractivity contribution in [2.45, 2.75) is 58.3 Å². The van der Waals surface area contributed by atoms with Crippen molar-refractivity contribution in [3.05, 3.63) is 23.8 Å². The first kappa shape index (κ1) is 19.1. The Kier molecular flexibility index (Phi) is 9.63. The van der Waals surface area contributed by atoms with Gasteiger partial charge in [-0.25, -0.2) is 0 Å². The molecule has 0 N–H and O–H groups in total. The van der Waals surface area contributed by atoms with E-state index in [4.69, 9.17) is 15.9 Å². The second-order valence-corrected chi connectivity index (χ2v) is 5.68. The van der Waals surface area contributed by atoms with Crippen molar-refractivity contribution >= 4 is 5.78 Å². The smallest absolute Gasteiger partial charge is 0.162 e. The first-order valence-electron chi connectivity index (χ1n) is 8.46. The van der Waals surface area contributed by atoms with Crippen LogP contribution in [0.15, 0.2) is 18.2 Å². The Morgan fingerprint density at radius 3 is 2.61 bits per heavy atom. The van der Waals surface area contributed by atoms with Crippen molar-refractivity contribution in [2.75, 3.05) is 13.7 Å². The Bertz CT molecular complexity index is 514. The van der Waals surface area contributed by atoms with E-state index in [1.165, 1.54) is 19.3 Å². The Labute approximate surface area is 140 Å². The molecule has 0 aromatic heterocycles. The van der Waals surface area contributed by atoms with Gasteiger partial charge in [0.1, 0.15) is 12.4 Å². The summed E-state index contributed by atoms with van der Waals surface area (Å²) in [4.78, 5) is 11.9. The molecule has 1 aromatic rings. The molecular formula is C20H28O3. The predicted octanol–water partition coefficient (Wildman–Crippen LogP) is 4.57. The highest BCUT2D eigenvalue weighted by Gasteiger charge is 2.07. The summed E-state index contributed by atoms with van der Waals surface area (Å²) in [5, 5.41) is 0. The number of carbonyl (C=O) groups is 1. The fraction of sp³-hybridized carbons (Fsp3) is 0.550. The second kappa shape index (κ2) is 11.6. The number of methoxy groups -OCH3 is 1. The van der Waals surface area contributed by atoms with Crippen molar-refractivity contribution in [3.63, 3.8) is 0 Å². The van der Waals surface area contributed by atoms with E-state index in [-0.39, 0.29) is 6.61 Å². The second-order valence-electron chi connectivity index (χ2n) is 5.68. The zero-order chi connectivity index (χ0) is 16.9. The molecule has 0 saturated heterocycles. The van der Waals surface area contributed by atoms with Crippen molar-refractivity contribution in [2.24, 2.45) is 0 Å². The Morgan fingerprint density at radius 1 is 1.13 bits per heavy atom. The van der Waals surface area contributed by atoms with Crippen LogP contribution < -0.4 is 9.47 Å². The third kappa shape index (κ3) is 7.74. The lowest BCUT2D eigenvalue weighted by Crippen LogP contribution is -2.01. The molecular weight excluding hydrogens is 288 g/mol. The van der Waals surface area contributed by atoms with E-state index in [1.807, 2.05) is 18.2 Å². The number of ether oxygens (including phenoxy) is 2. The first-order valence-corrected chi connectivity index (χ1v) is 8.46. The third-order valence-electron chi connectivity index (χ3n) is 3.79. The molecule has 0 amide bonds. The summed E-state index contributed by atoms with van der Waals surface area (Å²) in [6, 6.07) is 5.73. The summed E-state index contributed by atoms with van der Waals surface area (Å²) < 4.78 is 10.7. The molecule has 0 bridgehead atoms. The van der Waals surface area contributed by atoms with Gasteiger partial charge in [-0.3, -0.25) is 4.79 Å². The van der Waals surface area contributed by atoms with E-state index < -0.39 is 0 Å². The van der Waals surface area contributed by atoms with Gasteiger partial charge >= 0.3 is 0 Å². The van der Waals surface area contributed by atoms with Gasteiger partial charge in [0.05, 0.1) is 7.11 Å². The largest absolute Gasteiger partial charge is 0.493 e. The Morgan fingerprint density at radius 2 is 1.91 bits per heavy atom. The summed E-state index contributed by atoms with van der Waals surface area (Å²) in [6.45, 7) is 2.41. The molecule has 0 heterocycles. The summed E-state index contributed by atoms with van der Waals surface area (Å²) in [7, 11) is 1.60. The molecule has 3 heteroatoms. The van der Waals surface area contributed by atoms with Crippen molar-refractivity contribution in [3.8, 4) is 23.8 Å². The average Bonchev–Trinajstić information content (AvgIpc) is 2.58. The molecule has 0 radical (unpaired) electrons. The molecule has 0 aliphatic heterocycles. The molecule has 3 nitrogen and oxygen atoms in total. The highest BCUT2D eigenvalue weighted by atomic mass is 16.5. The molecule has 0 aliphatic carbocycles. The molecule has 23 heavy (non-hydrogen) atoms. The molecule has 1 rings (SSSR count). The average molecular weight is 316 g/mol. The van der Waals surface area contributed by atoms with E-state index in [1.54, 1.807) is 7.11 Å². The number of carbonyl (C=O) groups excluding carboxylic acids is 1. The monoisotopic (exact) mass is 316 g/mol. The molecule has 0 spiro atoms. The standard InChI is InChI=1S/C20H28O3/c1-4-6-7-8-9-10-18(21)13-11-17-12-14-19(23-15-5-2)20(16-17)22-3/h2,12,14,16H,4,6-11,13,15H2,1,3H3. The van der Waals surface area contributed by atoms with E-state index in [2.05, 4.69) is 12.8 Å². The van der Waals surface area contributed by atoms with Gasteiger partial charge in [0.2, 0.25) is 0 Å². The van der Waals surface area contributed by atoms with Crippen LogP contribution in [0, 0.1) is 12.3 Å². The maximum atomic E-state index is 11.9. The van der Waals surface area contributed by atoms with Crippen LogP contribution in [0.2, 0.25) is 0 Å². The van der Waals surface area contributed by atoms with Gasteiger partial charge in [-0.05, 0) is 30.5 Å². The third-order valence-corrected chi connectivity index (χ3v) is 3.79. The van der Waals surface area contributed by atoms with E-state index in [0.29, 0.717) is 30.1 Å². The topological polar surface area (TPSA) is 35.5 Å². The number of rotatable bonds is 12. The molecule has 0 fully saturated rings. The Balaban J connectivity index is 2.39. The zero-order valence-electron chi connectivity index (χ0n) is 14.4. The van der Waals surface area contributed by atoms with Crippen LogP contribution >= 0.6 is 0 Å². The van der Waals surface area contributed by atoms with Gasteiger partial charge in [-0.15, -0.1) is 6.42 Å². The summed E-state index contributed by atoms with van der Waals surface area (Å²) in [5.41, 5.74) is 1.08. The quantitative estimate of drug-likeness (QED) is 0.418. The first-order chi connectivity index (χ1) is 11.2.